The third kappa shape index (κ3) is 2.90. The minimum Gasteiger partial charge on any atom is -0.425 e. The molecule has 122 valence electrons. The number of halogens is 1. The van der Waals surface area contributed by atoms with Crippen molar-refractivity contribution in [3.05, 3.63) is 58.0 Å². The summed E-state index contributed by atoms with van der Waals surface area (Å²) in [7, 11) is 0. The Kier molecular flexibility index (Phi) is 4.59. The van der Waals surface area contributed by atoms with Gasteiger partial charge in [-0.3, -0.25) is 14.2 Å². The van der Waals surface area contributed by atoms with Gasteiger partial charge in [0.15, 0.2) is 11.4 Å². The lowest BCUT2D eigenvalue weighted by Crippen LogP contribution is -2.23. The van der Waals surface area contributed by atoms with Gasteiger partial charge in [0.1, 0.15) is 4.90 Å². The molecule has 0 saturated heterocycles. The highest BCUT2D eigenvalue weighted by Crippen LogP contribution is 2.33. The molecule has 0 saturated carbocycles. The molecule has 3 aromatic rings. The van der Waals surface area contributed by atoms with E-state index >= 15 is 0 Å². The van der Waals surface area contributed by atoms with Crippen molar-refractivity contribution in [2.24, 2.45) is 0 Å². The topological polar surface area (TPSA) is 61.2 Å². The van der Waals surface area contributed by atoms with Crippen LogP contribution in [0.15, 0.2) is 52.3 Å². The number of ether oxygens (including phenoxy) is 1. The maximum atomic E-state index is 13.0. The van der Waals surface area contributed by atoms with Crippen LogP contribution in [-0.4, -0.2) is 21.8 Å². The molecule has 1 aromatic carbocycles. The molecule has 0 amide bonds. The Bertz CT molecular complexity index is 1000. The van der Waals surface area contributed by atoms with Crippen LogP contribution < -0.4 is 10.3 Å². The molecule has 0 aliphatic heterocycles. The van der Waals surface area contributed by atoms with E-state index in [0.29, 0.717) is 26.6 Å². The maximum Gasteiger partial charge on any atom is 0.308 e. The number of carbonyl (C=O) groups is 1. The molecule has 24 heavy (non-hydrogen) atoms. The lowest BCUT2D eigenvalue weighted by molar-refractivity contribution is -0.131. The molecule has 0 aliphatic rings. The van der Waals surface area contributed by atoms with E-state index in [1.165, 1.54) is 23.3 Å². The number of hydrogen-bond acceptors (Lipinski definition) is 5. The van der Waals surface area contributed by atoms with E-state index in [2.05, 4.69) is 4.98 Å². The average molecular weight is 361 g/mol. The zero-order chi connectivity index (χ0) is 17.3. The third-order valence-electron chi connectivity index (χ3n) is 3.36. The first-order chi connectivity index (χ1) is 11.5. The van der Waals surface area contributed by atoms with E-state index in [4.69, 9.17) is 16.3 Å². The van der Waals surface area contributed by atoms with Gasteiger partial charge in [-0.2, -0.15) is 0 Å². The first-order valence-corrected chi connectivity index (χ1v) is 8.65. The van der Waals surface area contributed by atoms with Crippen LogP contribution in [0, 0.1) is 0 Å². The molecular formula is C17H13ClN2O3S. The summed E-state index contributed by atoms with van der Waals surface area (Å²) in [5, 5.41) is 1.09. The largest absolute Gasteiger partial charge is 0.425 e. The van der Waals surface area contributed by atoms with Gasteiger partial charge in [-0.25, -0.2) is 4.98 Å². The second-order valence-electron chi connectivity index (χ2n) is 4.95. The van der Waals surface area contributed by atoms with E-state index in [1.807, 2.05) is 0 Å². The summed E-state index contributed by atoms with van der Waals surface area (Å²) in [4.78, 5) is 29.1. The fourth-order valence-corrected chi connectivity index (χ4v) is 3.24. The van der Waals surface area contributed by atoms with Crippen LogP contribution >= 0.6 is 23.4 Å². The number of esters is 1. The van der Waals surface area contributed by atoms with Gasteiger partial charge < -0.3 is 4.74 Å². The molecule has 2 heterocycles. The van der Waals surface area contributed by atoms with Gasteiger partial charge in [0.25, 0.3) is 5.56 Å². The summed E-state index contributed by atoms with van der Waals surface area (Å²) in [6, 6.07) is 10.4. The van der Waals surface area contributed by atoms with Crippen molar-refractivity contribution >= 4 is 40.4 Å². The molecule has 3 rings (SSSR count). The highest BCUT2D eigenvalue weighted by atomic mass is 35.5. The van der Waals surface area contributed by atoms with Crippen molar-refractivity contribution in [2.45, 2.75) is 11.8 Å². The third-order valence-corrected chi connectivity index (χ3v) is 4.37. The number of carbonyl (C=O) groups excluding carboxylic acids is 1. The van der Waals surface area contributed by atoms with E-state index < -0.39 is 5.97 Å². The van der Waals surface area contributed by atoms with Crippen LogP contribution in [0.2, 0.25) is 5.02 Å². The number of rotatable bonds is 3. The quantitative estimate of drug-likeness (QED) is 0.526. The molecule has 0 aliphatic carbocycles. The van der Waals surface area contributed by atoms with Crippen LogP contribution in [0.5, 0.6) is 5.75 Å². The first-order valence-electron chi connectivity index (χ1n) is 7.05. The lowest BCUT2D eigenvalue weighted by atomic mass is 10.2. The van der Waals surface area contributed by atoms with Gasteiger partial charge in [-0.1, -0.05) is 17.7 Å². The van der Waals surface area contributed by atoms with Crippen molar-refractivity contribution in [3.63, 3.8) is 0 Å². The number of pyridine rings is 2. The van der Waals surface area contributed by atoms with Crippen molar-refractivity contribution in [1.82, 2.24) is 9.55 Å². The van der Waals surface area contributed by atoms with Gasteiger partial charge in [0.2, 0.25) is 0 Å². The van der Waals surface area contributed by atoms with Gasteiger partial charge in [-0.15, -0.1) is 11.8 Å². The molecule has 0 N–H and O–H groups in total. The lowest BCUT2D eigenvalue weighted by Gasteiger charge is -2.15. The second-order valence-corrected chi connectivity index (χ2v) is 6.20. The molecule has 0 fully saturated rings. The van der Waals surface area contributed by atoms with E-state index in [0.717, 1.165) is 0 Å². The minimum atomic E-state index is -0.490. The first kappa shape index (κ1) is 16.5. The minimum absolute atomic E-state index is 0.237. The second kappa shape index (κ2) is 6.67. The molecule has 0 radical (unpaired) electrons. The summed E-state index contributed by atoms with van der Waals surface area (Å²) in [6.07, 6.45) is 3.34. The van der Waals surface area contributed by atoms with Crippen molar-refractivity contribution in [3.8, 4) is 11.4 Å². The predicted octanol–water partition coefficient (Wildman–Crippen LogP) is 3.69. The number of hydrogen-bond donors (Lipinski definition) is 0. The van der Waals surface area contributed by atoms with Crippen LogP contribution in [0.4, 0.5) is 0 Å². The zero-order valence-corrected chi connectivity index (χ0v) is 14.5. The molecular weight excluding hydrogens is 348 g/mol. The normalized spacial score (nSPS) is 10.8. The SMILES string of the molecule is CSc1c(OC(C)=O)c2cccnc2n(-c2cccc(Cl)c2)c1=O. The Morgan fingerprint density at radius 1 is 1.29 bits per heavy atom. The van der Waals surface area contributed by atoms with Gasteiger partial charge in [-0.05, 0) is 36.6 Å². The van der Waals surface area contributed by atoms with E-state index in [9.17, 15) is 9.59 Å². The Labute approximate surface area is 147 Å². The predicted molar refractivity (Wildman–Crippen MR) is 95.4 cm³/mol. The number of benzene rings is 1. The van der Waals surface area contributed by atoms with Crippen LogP contribution in [-0.2, 0) is 4.79 Å². The highest BCUT2D eigenvalue weighted by molar-refractivity contribution is 7.98. The summed E-state index contributed by atoms with van der Waals surface area (Å²) >= 11 is 7.28. The molecule has 5 nitrogen and oxygen atoms in total. The molecule has 0 unspecified atom stereocenters. The fraction of sp³-hybridized carbons (Fsp3) is 0.118. The Morgan fingerprint density at radius 3 is 2.75 bits per heavy atom. The summed E-state index contributed by atoms with van der Waals surface area (Å²) in [6.45, 7) is 1.30. The molecule has 2 aromatic heterocycles. The Morgan fingerprint density at radius 2 is 2.08 bits per heavy atom. The Hall–Kier alpha value is -2.31. The number of aromatic nitrogens is 2. The monoisotopic (exact) mass is 360 g/mol. The number of fused-ring (bicyclic) bond motifs is 1. The molecule has 0 atom stereocenters. The summed E-state index contributed by atoms with van der Waals surface area (Å²) in [5.41, 5.74) is 0.687. The fourth-order valence-electron chi connectivity index (χ4n) is 2.45. The number of nitrogens with zero attached hydrogens (tertiary/aromatic N) is 2. The van der Waals surface area contributed by atoms with E-state index in [1.54, 1.807) is 48.9 Å². The van der Waals surface area contributed by atoms with Crippen molar-refractivity contribution in [1.29, 1.82) is 0 Å². The smallest absolute Gasteiger partial charge is 0.308 e. The molecule has 0 bridgehead atoms. The van der Waals surface area contributed by atoms with E-state index in [-0.39, 0.29) is 11.3 Å². The summed E-state index contributed by atoms with van der Waals surface area (Å²) < 4.78 is 6.78. The zero-order valence-electron chi connectivity index (χ0n) is 12.9. The summed E-state index contributed by atoms with van der Waals surface area (Å²) in [5.74, 6) is -0.253. The molecule has 7 heteroatoms. The average Bonchev–Trinajstić information content (AvgIpc) is 2.55. The van der Waals surface area contributed by atoms with Crippen LogP contribution in [0.3, 0.4) is 0 Å². The van der Waals surface area contributed by atoms with Crippen LogP contribution in [0.1, 0.15) is 6.92 Å². The number of thioether (sulfide) groups is 1. The van der Waals surface area contributed by atoms with Gasteiger partial charge in [0.05, 0.1) is 11.1 Å². The van der Waals surface area contributed by atoms with Crippen LogP contribution in [0.25, 0.3) is 16.7 Å². The standard InChI is InChI=1S/C17H13ClN2O3S/c1-10(21)23-14-13-7-4-8-19-16(13)20(17(22)15(14)24-2)12-6-3-5-11(18)9-12/h3-9H,1-2H3. The van der Waals surface area contributed by atoms with Gasteiger partial charge >= 0.3 is 5.97 Å². The maximum absolute atomic E-state index is 13.0. The van der Waals surface area contributed by atoms with Crippen molar-refractivity contribution in [2.75, 3.05) is 6.26 Å². The highest BCUT2D eigenvalue weighted by Gasteiger charge is 2.20. The molecule has 0 spiro atoms. The van der Waals surface area contributed by atoms with Gasteiger partial charge in [0, 0.05) is 18.1 Å². The Balaban J connectivity index is 2.45. The van der Waals surface area contributed by atoms with Crippen molar-refractivity contribution < 1.29 is 9.53 Å².